The molecule has 1 heterocycles. The number of benzene rings is 1. The summed E-state index contributed by atoms with van der Waals surface area (Å²) in [4.78, 5) is 2.61. The van der Waals surface area contributed by atoms with Crippen LogP contribution >= 0.6 is 12.4 Å². The Labute approximate surface area is 118 Å². The van der Waals surface area contributed by atoms with Gasteiger partial charge in [-0.2, -0.15) is 0 Å². The average molecular weight is 268 g/mol. The van der Waals surface area contributed by atoms with Gasteiger partial charge in [-0.1, -0.05) is 56.5 Å². The second-order valence-corrected chi connectivity index (χ2v) is 5.35. The van der Waals surface area contributed by atoms with Crippen LogP contribution in [0, 0.1) is 5.92 Å². The van der Waals surface area contributed by atoms with Gasteiger partial charge in [-0.15, -0.1) is 12.4 Å². The number of likely N-dealkylation sites (tertiary alicyclic amines) is 1. The molecule has 0 radical (unpaired) electrons. The van der Waals surface area contributed by atoms with Crippen molar-refractivity contribution in [3.05, 3.63) is 35.9 Å². The molecule has 1 nitrogen and oxygen atoms in total. The fourth-order valence-electron chi connectivity index (χ4n) is 2.77. The van der Waals surface area contributed by atoms with Crippen molar-refractivity contribution in [1.82, 2.24) is 4.90 Å². The number of piperidine rings is 1. The third-order valence-corrected chi connectivity index (χ3v) is 3.92. The summed E-state index contributed by atoms with van der Waals surface area (Å²) < 4.78 is 0. The lowest BCUT2D eigenvalue weighted by Crippen LogP contribution is -2.33. The molecule has 1 aliphatic rings. The van der Waals surface area contributed by atoms with E-state index in [2.05, 4.69) is 42.2 Å². The molecule has 1 aromatic rings. The number of hydrogen-bond donors (Lipinski definition) is 0. The molecule has 0 amide bonds. The van der Waals surface area contributed by atoms with Crippen molar-refractivity contribution in [2.24, 2.45) is 5.92 Å². The molecule has 0 N–H and O–H groups in total. The zero-order valence-corrected chi connectivity index (χ0v) is 12.3. The van der Waals surface area contributed by atoms with Crippen LogP contribution in [0.1, 0.15) is 44.6 Å². The first-order valence-electron chi connectivity index (χ1n) is 7.14. The fourth-order valence-corrected chi connectivity index (χ4v) is 2.77. The average Bonchev–Trinajstić information content (AvgIpc) is 2.39. The molecular weight excluding hydrogens is 242 g/mol. The Morgan fingerprint density at radius 1 is 1.11 bits per heavy atom. The summed E-state index contributed by atoms with van der Waals surface area (Å²) in [6.45, 7) is 6.03. The Kier molecular flexibility index (Phi) is 7.38. The quantitative estimate of drug-likeness (QED) is 0.759. The van der Waals surface area contributed by atoms with Gasteiger partial charge in [0.1, 0.15) is 0 Å². The molecule has 1 aromatic carbocycles. The zero-order valence-electron chi connectivity index (χ0n) is 11.5. The Balaban J connectivity index is 0.00000162. The van der Waals surface area contributed by atoms with Gasteiger partial charge in [0.2, 0.25) is 0 Å². The number of rotatable bonds is 5. The SMILES string of the molecule is CCCCC1CCN(Cc2ccccc2)CC1.Cl. The standard InChI is InChI=1S/C16H25N.ClH/c1-2-3-7-15-10-12-17(13-11-15)14-16-8-5-4-6-9-16;/h4-6,8-9,15H,2-3,7,10-14H2,1H3;1H. The van der Waals surface area contributed by atoms with E-state index in [-0.39, 0.29) is 12.4 Å². The summed E-state index contributed by atoms with van der Waals surface area (Å²) in [5, 5.41) is 0. The number of nitrogens with zero attached hydrogens (tertiary/aromatic N) is 1. The number of unbranched alkanes of at least 4 members (excludes halogenated alkanes) is 1. The predicted molar refractivity (Wildman–Crippen MR) is 81.2 cm³/mol. The van der Waals surface area contributed by atoms with Crippen LogP contribution in [-0.2, 0) is 6.54 Å². The molecule has 0 saturated carbocycles. The van der Waals surface area contributed by atoms with Gasteiger partial charge in [0.15, 0.2) is 0 Å². The van der Waals surface area contributed by atoms with E-state index < -0.39 is 0 Å². The van der Waals surface area contributed by atoms with Gasteiger partial charge >= 0.3 is 0 Å². The van der Waals surface area contributed by atoms with Crippen LogP contribution < -0.4 is 0 Å². The van der Waals surface area contributed by atoms with Gasteiger partial charge in [-0.25, -0.2) is 0 Å². The lowest BCUT2D eigenvalue weighted by Gasteiger charge is -2.32. The maximum Gasteiger partial charge on any atom is 0.0233 e. The van der Waals surface area contributed by atoms with Gasteiger partial charge < -0.3 is 0 Å². The molecule has 2 rings (SSSR count). The van der Waals surface area contributed by atoms with Crippen LogP contribution in [0.25, 0.3) is 0 Å². The maximum atomic E-state index is 2.61. The third kappa shape index (κ3) is 4.99. The lowest BCUT2D eigenvalue weighted by molar-refractivity contribution is 0.171. The van der Waals surface area contributed by atoms with E-state index >= 15 is 0 Å². The summed E-state index contributed by atoms with van der Waals surface area (Å²) in [6.07, 6.45) is 7.04. The highest BCUT2D eigenvalue weighted by atomic mass is 35.5. The van der Waals surface area contributed by atoms with E-state index in [1.54, 1.807) is 0 Å². The number of hydrogen-bond acceptors (Lipinski definition) is 1. The van der Waals surface area contributed by atoms with Gasteiger partial charge in [0.05, 0.1) is 0 Å². The first kappa shape index (κ1) is 15.5. The molecular formula is C16H26ClN. The first-order chi connectivity index (χ1) is 8.38. The Morgan fingerprint density at radius 2 is 1.78 bits per heavy atom. The topological polar surface area (TPSA) is 3.24 Å². The van der Waals surface area contributed by atoms with E-state index in [0.717, 1.165) is 12.5 Å². The Morgan fingerprint density at radius 3 is 2.39 bits per heavy atom. The minimum absolute atomic E-state index is 0. The van der Waals surface area contributed by atoms with E-state index in [0.29, 0.717) is 0 Å². The van der Waals surface area contributed by atoms with Crippen LogP contribution in [0.2, 0.25) is 0 Å². The molecule has 0 bridgehead atoms. The highest BCUT2D eigenvalue weighted by molar-refractivity contribution is 5.85. The second kappa shape index (κ2) is 8.55. The van der Waals surface area contributed by atoms with Crippen molar-refractivity contribution >= 4 is 12.4 Å². The van der Waals surface area contributed by atoms with Crippen molar-refractivity contribution < 1.29 is 0 Å². The molecule has 0 atom stereocenters. The molecule has 0 aliphatic carbocycles. The summed E-state index contributed by atoms with van der Waals surface area (Å²) >= 11 is 0. The van der Waals surface area contributed by atoms with Gasteiger partial charge in [0.25, 0.3) is 0 Å². The van der Waals surface area contributed by atoms with Crippen LogP contribution in [0.4, 0.5) is 0 Å². The maximum absolute atomic E-state index is 2.61. The van der Waals surface area contributed by atoms with Crippen molar-refractivity contribution in [3.8, 4) is 0 Å². The van der Waals surface area contributed by atoms with Crippen molar-refractivity contribution in [1.29, 1.82) is 0 Å². The van der Waals surface area contributed by atoms with Crippen LogP contribution in [0.15, 0.2) is 30.3 Å². The van der Waals surface area contributed by atoms with Crippen LogP contribution in [0.5, 0.6) is 0 Å². The normalized spacial score (nSPS) is 17.4. The van der Waals surface area contributed by atoms with E-state index in [1.807, 2.05) is 0 Å². The van der Waals surface area contributed by atoms with Crippen LogP contribution in [-0.4, -0.2) is 18.0 Å². The summed E-state index contributed by atoms with van der Waals surface area (Å²) in [5.41, 5.74) is 1.46. The third-order valence-electron chi connectivity index (χ3n) is 3.92. The highest BCUT2D eigenvalue weighted by Crippen LogP contribution is 2.23. The largest absolute Gasteiger partial charge is 0.299 e. The molecule has 102 valence electrons. The minimum Gasteiger partial charge on any atom is -0.299 e. The van der Waals surface area contributed by atoms with Gasteiger partial charge in [0, 0.05) is 6.54 Å². The van der Waals surface area contributed by atoms with E-state index in [4.69, 9.17) is 0 Å². The lowest BCUT2D eigenvalue weighted by atomic mass is 9.91. The molecule has 2 heteroatoms. The molecule has 1 fully saturated rings. The fraction of sp³-hybridized carbons (Fsp3) is 0.625. The van der Waals surface area contributed by atoms with Crippen molar-refractivity contribution in [2.75, 3.05) is 13.1 Å². The molecule has 0 spiro atoms. The monoisotopic (exact) mass is 267 g/mol. The molecule has 1 saturated heterocycles. The zero-order chi connectivity index (χ0) is 11.9. The van der Waals surface area contributed by atoms with E-state index in [9.17, 15) is 0 Å². The highest BCUT2D eigenvalue weighted by Gasteiger charge is 2.18. The molecule has 0 aromatic heterocycles. The van der Waals surface area contributed by atoms with Gasteiger partial charge in [-0.3, -0.25) is 4.90 Å². The Hall–Kier alpha value is -0.530. The minimum atomic E-state index is 0. The Bertz CT molecular complexity index is 304. The van der Waals surface area contributed by atoms with E-state index in [1.165, 1.54) is 50.8 Å². The number of halogens is 1. The smallest absolute Gasteiger partial charge is 0.0233 e. The van der Waals surface area contributed by atoms with Crippen molar-refractivity contribution in [3.63, 3.8) is 0 Å². The predicted octanol–water partition coefficient (Wildman–Crippen LogP) is 4.51. The van der Waals surface area contributed by atoms with Gasteiger partial charge in [-0.05, 0) is 37.4 Å². The summed E-state index contributed by atoms with van der Waals surface area (Å²) in [5.74, 6) is 1.00. The van der Waals surface area contributed by atoms with Crippen molar-refractivity contribution in [2.45, 2.75) is 45.6 Å². The van der Waals surface area contributed by atoms with Crippen LogP contribution in [0.3, 0.4) is 0 Å². The first-order valence-corrected chi connectivity index (χ1v) is 7.14. The molecule has 18 heavy (non-hydrogen) atoms. The summed E-state index contributed by atoms with van der Waals surface area (Å²) in [6, 6.07) is 10.9. The summed E-state index contributed by atoms with van der Waals surface area (Å²) in [7, 11) is 0. The second-order valence-electron chi connectivity index (χ2n) is 5.35. The molecule has 1 aliphatic heterocycles. The molecule has 0 unspecified atom stereocenters.